The van der Waals surface area contributed by atoms with Crippen molar-refractivity contribution in [2.75, 3.05) is 43.9 Å². The summed E-state index contributed by atoms with van der Waals surface area (Å²) in [4.78, 5) is 26.6. The minimum absolute atomic E-state index is 0.101. The maximum atomic E-state index is 13.3. The highest BCUT2D eigenvalue weighted by molar-refractivity contribution is 6.02. The Labute approximate surface area is 241 Å². The second kappa shape index (κ2) is 11.4. The van der Waals surface area contributed by atoms with E-state index in [4.69, 9.17) is 9.73 Å². The van der Waals surface area contributed by atoms with Gasteiger partial charge in [-0.15, -0.1) is 0 Å². The second-order valence-corrected chi connectivity index (χ2v) is 11.8. The van der Waals surface area contributed by atoms with E-state index < -0.39 is 18.2 Å². The summed E-state index contributed by atoms with van der Waals surface area (Å²) in [7, 11) is 2.13. The van der Waals surface area contributed by atoms with Crippen molar-refractivity contribution >= 4 is 29.2 Å². The molecular weight excluding hydrogens is 520 g/mol. The Morgan fingerprint density at radius 2 is 1.90 bits per heavy atom. The van der Waals surface area contributed by atoms with Crippen LogP contribution in [0.4, 0.5) is 11.4 Å². The third-order valence-electron chi connectivity index (χ3n) is 8.72. The number of fused-ring (bicyclic) bond motifs is 2. The van der Waals surface area contributed by atoms with Gasteiger partial charge in [-0.3, -0.25) is 14.8 Å². The van der Waals surface area contributed by atoms with E-state index in [0.29, 0.717) is 13.0 Å². The number of nitrogens with one attached hydrogen (secondary N) is 2. The van der Waals surface area contributed by atoms with E-state index in [0.717, 1.165) is 71.0 Å². The van der Waals surface area contributed by atoms with Crippen LogP contribution in [-0.2, 0) is 6.54 Å². The number of likely N-dealkylation sites (tertiary alicyclic amines) is 1. The van der Waals surface area contributed by atoms with E-state index in [2.05, 4.69) is 33.6 Å². The van der Waals surface area contributed by atoms with Crippen molar-refractivity contribution in [2.45, 2.75) is 64.2 Å². The lowest BCUT2D eigenvalue weighted by molar-refractivity contribution is 0.0617. The molecule has 10 heteroatoms. The van der Waals surface area contributed by atoms with Crippen LogP contribution in [0.2, 0.25) is 0 Å². The quantitative estimate of drug-likeness (QED) is 0.411. The van der Waals surface area contributed by atoms with E-state index in [-0.39, 0.29) is 31.3 Å². The minimum atomic E-state index is -0.973. The van der Waals surface area contributed by atoms with Crippen molar-refractivity contribution in [1.82, 2.24) is 9.80 Å². The number of aliphatic hydroxyl groups is 2. The largest absolute Gasteiger partial charge is 0.491 e. The van der Waals surface area contributed by atoms with Gasteiger partial charge >= 0.3 is 0 Å². The van der Waals surface area contributed by atoms with Crippen LogP contribution in [-0.4, -0.2) is 95.7 Å². The number of nitrogens with zero attached hydrogens (tertiary/aromatic N) is 4. The van der Waals surface area contributed by atoms with Crippen LogP contribution in [0.3, 0.4) is 0 Å². The molecule has 6 rings (SSSR count). The summed E-state index contributed by atoms with van der Waals surface area (Å²) in [6.07, 6.45) is 2.06. The van der Waals surface area contributed by atoms with E-state index >= 15 is 0 Å². The third kappa shape index (κ3) is 5.68. The van der Waals surface area contributed by atoms with Gasteiger partial charge in [0.1, 0.15) is 24.6 Å². The van der Waals surface area contributed by atoms with Crippen molar-refractivity contribution in [3.8, 4) is 5.75 Å². The molecule has 4 aliphatic heterocycles. The number of ether oxygens (including phenoxy) is 1. The molecule has 0 radical (unpaired) electrons. The second-order valence-electron chi connectivity index (χ2n) is 11.8. The van der Waals surface area contributed by atoms with Gasteiger partial charge in [0.25, 0.3) is 5.91 Å². The number of rotatable bonds is 7. The molecule has 2 aromatic carbocycles. The number of aliphatic imine (C=N–C) groups is 2. The number of aryl methyl sites for hydroxylation is 2. The number of carbonyl (C=O) groups is 1. The van der Waals surface area contributed by atoms with Crippen LogP contribution >= 0.6 is 0 Å². The van der Waals surface area contributed by atoms with E-state index in [1.165, 1.54) is 0 Å². The van der Waals surface area contributed by atoms with Gasteiger partial charge in [0.05, 0.1) is 23.8 Å². The number of hydrogen-bond donors (Lipinski definition) is 4. The minimum Gasteiger partial charge on any atom is -0.491 e. The van der Waals surface area contributed by atoms with E-state index in [1.807, 2.05) is 43.0 Å². The number of piperidine rings is 1. The molecule has 4 heterocycles. The van der Waals surface area contributed by atoms with E-state index in [1.54, 1.807) is 6.21 Å². The zero-order valence-electron chi connectivity index (χ0n) is 24.0. The Morgan fingerprint density at radius 3 is 2.66 bits per heavy atom. The Balaban J connectivity index is 1.11. The highest BCUT2D eigenvalue weighted by Gasteiger charge is 2.40. The smallest absolute Gasteiger partial charge is 0.254 e. The standard InChI is InChI=1S/C31H40N6O4/c1-18-4-5-27(19(2)12-18)41-17-22(38)15-33-24-6-9-32-30(39)28(24)29-34-25-13-20-16-37(21-7-10-36(3)11-8-21)31(40)23(20)14-26(25)35-29/h4-5,9,12-14,21-22,28-30,34-35,38-39H,6-8,10-11,15-17H2,1-3H3. The van der Waals surface area contributed by atoms with Crippen LogP contribution in [0, 0.1) is 19.8 Å². The van der Waals surface area contributed by atoms with Gasteiger partial charge in [-0.1, -0.05) is 17.7 Å². The average molecular weight is 561 g/mol. The Hall–Kier alpha value is -3.47. The number of amides is 1. The predicted octanol–water partition coefficient (Wildman–Crippen LogP) is 2.81. The van der Waals surface area contributed by atoms with Crippen molar-refractivity contribution in [1.29, 1.82) is 0 Å². The summed E-state index contributed by atoms with van der Waals surface area (Å²) < 4.78 is 5.83. The summed E-state index contributed by atoms with van der Waals surface area (Å²) in [6, 6.07) is 10.2. The fourth-order valence-corrected chi connectivity index (χ4v) is 6.39. The summed E-state index contributed by atoms with van der Waals surface area (Å²) >= 11 is 0. The van der Waals surface area contributed by atoms with Gasteiger partial charge in [0.2, 0.25) is 0 Å². The zero-order valence-corrected chi connectivity index (χ0v) is 24.0. The Kier molecular flexibility index (Phi) is 7.72. The zero-order chi connectivity index (χ0) is 28.7. The molecule has 4 unspecified atom stereocenters. The lowest BCUT2D eigenvalue weighted by Gasteiger charge is -2.35. The van der Waals surface area contributed by atoms with Gasteiger partial charge in [-0.2, -0.15) is 0 Å². The molecule has 4 atom stereocenters. The normalized spacial score (nSPS) is 26.1. The fourth-order valence-electron chi connectivity index (χ4n) is 6.39. The van der Waals surface area contributed by atoms with E-state index in [9.17, 15) is 15.0 Å². The molecule has 10 nitrogen and oxygen atoms in total. The summed E-state index contributed by atoms with van der Waals surface area (Å²) in [5, 5.41) is 28.4. The first-order valence-corrected chi connectivity index (χ1v) is 14.6. The van der Waals surface area contributed by atoms with Gasteiger partial charge in [-0.05, 0) is 76.2 Å². The first kappa shape index (κ1) is 27.7. The summed E-state index contributed by atoms with van der Waals surface area (Å²) in [5.41, 5.74) is 6.48. The van der Waals surface area contributed by atoms with Crippen LogP contribution in [0.15, 0.2) is 40.3 Å². The van der Waals surface area contributed by atoms with Crippen molar-refractivity contribution < 1.29 is 19.7 Å². The number of aliphatic hydroxyl groups excluding tert-OH is 2. The average Bonchev–Trinajstić information content (AvgIpc) is 3.50. The number of benzene rings is 2. The lowest BCUT2D eigenvalue weighted by Crippen LogP contribution is -2.46. The molecule has 2 aromatic rings. The fraction of sp³-hybridized carbons (Fsp3) is 0.516. The maximum Gasteiger partial charge on any atom is 0.254 e. The first-order valence-electron chi connectivity index (χ1n) is 14.6. The molecular formula is C31H40N6O4. The molecule has 0 aliphatic carbocycles. The highest BCUT2D eigenvalue weighted by Crippen LogP contribution is 2.39. The highest BCUT2D eigenvalue weighted by atomic mass is 16.5. The van der Waals surface area contributed by atoms with Gasteiger partial charge in [0, 0.05) is 36.5 Å². The number of carbonyl (C=O) groups excluding carboxylic acids is 1. The molecule has 4 N–H and O–H groups in total. The molecule has 1 fully saturated rings. The van der Waals surface area contributed by atoms with Crippen LogP contribution in [0.1, 0.15) is 46.3 Å². The molecule has 0 spiro atoms. The van der Waals surface area contributed by atoms with Crippen LogP contribution in [0.5, 0.6) is 5.75 Å². The third-order valence-corrected chi connectivity index (χ3v) is 8.72. The molecule has 0 aromatic heterocycles. The van der Waals surface area contributed by atoms with Crippen molar-refractivity contribution in [2.24, 2.45) is 15.9 Å². The molecule has 218 valence electrons. The lowest BCUT2D eigenvalue weighted by atomic mass is 9.93. The van der Waals surface area contributed by atoms with Crippen molar-refractivity contribution in [3.05, 3.63) is 52.6 Å². The molecule has 4 aliphatic rings. The summed E-state index contributed by atoms with van der Waals surface area (Å²) in [6.45, 7) is 6.96. The SMILES string of the molecule is Cc1ccc(OCC(O)CN=C2CC=NC(O)C2C2Nc3cc4c(cc3N2)C(=O)N(C2CCN(C)CC2)C4)c(C)c1. The van der Waals surface area contributed by atoms with Gasteiger partial charge in [0.15, 0.2) is 6.23 Å². The monoisotopic (exact) mass is 560 g/mol. The van der Waals surface area contributed by atoms with Crippen LogP contribution in [0.25, 0.3) is 0 Å². The molecule has 0 bridgehead atoms. The number of hydrogen-bond acceptors (Lipinski definition) is 9. The number of anilines is 2. The maximum absolute atomic E-state index is 13.3. The molecule has 1 saturated heterocycles. The molecule has 41 heavy (non-hydrogen) atoms. The Bertz CT molecular complexity index is 1370. The van der Waals surface area contributed by atoms with Gasteiger partial charge in [-0.25, -0.2) is 0 Å². The first-order chi connectivity index (χ1) is 19.8. The van der Waals surface area contributed by atoms with Crippen molar-refractivity contribution in [3.63, 3.8) is 0 Å². The predicted molar refractivity (Wildman–Crippen MR) is 160 cm³/mol. The molecule has 0 saturated carbocycles. The van der Waals surface area contributed by atoms with Gasteiger partial charge < -0.3 is 35.4 Å². The summed E-state index contributed by atoms with van der Waals surface area (Å²) in [5.74, 6) is 0.419. The molecule has 1 amide bonds. The Morgan fingerprint density at radius 1 is 1.15 bits per heavy atom. The topological polar surface area (TPSA) is 122 Å². The van der Waals surface area contributed by atoms with Crippen LogP contribution < -0.4 is 15.4 Å².